The molecule has 1 aliphatic carbocycles. The van der Waals surface area contributed by atoms with E-state index in [1.165, 1.54) is 0 Å². The zero-order valence-corrected chi connectivity index (χ0v) is 10.6. The van der Waals surface area contributed by atoms with Gasteiger partial charge in [-0.3, -0.25) is 4.79 Å². The lowest BCUT2D eigenvalue weighted by atomic mass is 10.1. The van der Waals surface area contributed by atoms with E-state index in [1.807, 2.05) is 0 Å². The maximum atomic E-state index is 12.2. The molecular formula is C12H20N2O3. The molecule has 0 aliphatic heterocycles. The Morgan fingerprint density at radius 2 is 1.94 bits per heavy atom. The van der Waals surface area contributed by atoms with Gasteiger partial charge in [-0.2, -0.15) is 5.26 Å². The Morgan fingerprint density at radius 3 is 2.41 bits per heavy atom. The topological polar surface area (TPSA) is 62.6 Å². The van der Waals surface area contributed by atoms with Gasteiger partial charge in [0.1, 0.15) is 5.41 Å². The fourth-order valence-electron chi connectivity index (χ4n) is 1.72. The van der Waals surface area contributed by atoms with Crippen LogP contribution >= 0.6 is 0 Å². The van der Waals surface area contributed by atoms with Gasteiger partial charge in [0.2, 0.25) is 5.91 Å². The molecule has 5 nitrogen and oxygen atoms in total. The highest BCUT2D eigenvalue weighted by Gasteiger charge is 2.52. The third-order valence-electron chi connectivity index (χ3n) is 3.00. The summed E-state index contributed by atoms with van der Waals surface area (Å²) in [7, 11) is 3.24. The molecule has 0 heterocycles. The molecule has 0 N–H and O–H groups in total. The van der Waals surface area contributed by atoms with E-state index in [-0.39, 0.29) is 5.91 Å². The Kier molecular flexibility index (Phi) is 5.39. The maximum Gasteiger partial charge on any atom is 0.243 e. The summed E-state index contributed by atoms with van der Waals surface area (Å²) in [4.78, 5) is 13.9. The lowest BCUT2D eigenvalue weighted by Gasteiger charge is -2.24. The summed E-state index contributed by atoms with van der Waals surface area (Å²) in [5, 5.41) is 9.02. The van der Waals surface area contributed by atoms with Crippen molar-refractivity contribution in [3.8, 4) is 6.07 Å². The smallest absolute Gasteiger partial charge is 0.243 e. The van der Waals surface area contributed by atoms with Gasteiger partial charge in [0.05, 0.1) is 12.7 Å². The lowest BCUT2D eigenvalue weighted by molar-refractivity contribution is -0.135. The van der Waals surface area contributed by atoms with Crippen molar-refractivity contribution in [2.24, 2.45) is 5.41 Å². The SMILES string of the molecule is COCCCN(CCOC)C(=O)C1(C#N)CC1. The third-order valence-corrected chi connectivity index (χ3v) is 3.00. The van der Waals surface area contributed by atoms with E-state index in [9.17, 15) is 4.79 Å². The Morgan fingerprint density at radius 1 is 1.29 bits per heavy atom. The van der Waals surface area contributed by atoms with Crippen LogP contribution < -0.4 is 0 Å². The molecule has 0 saturated heterocycles. The first-order valence-corrected chi connectivity index (χ1v) is 5.88. The average Bonchev–Trinajstić information content (AvgIpc) is 3.14. The molecule has 0 radical (unpaired) electrons. The molecule has 0 unspecified atom stereocenters. The van der Waals surface area contributed by atoms with Gasteiger partial charge in [0.25, 0.3) is 0 Å². The predicted octanol–water partition coefficient (Wildman–Crippen LogP) is 0.802. The van der Waals surface area contributed by atoms with Crippen LogP contribution in [0.25, 0.3) is 0 Å². The summed E-state index contributed by atoms with van der Waals surface area (Å²) >= 11 is 0. The van der Waals surface area contributed by atoms with Crippen LogP contribution in [0.1, 0.15) is 19.3 Å². The van der Waals surface area contributed by atoms with Crippen LogP contribution in [0.2, 0.25) is 0 Å². The number of nitriles is 1. The van der Waals surface area contributed by atoms with Gasteiger partial charge in [0.15, 0.2) is 0 Å². The summed E-state index contributed by atoms with van der Waals surface area (Å²) in [5.41, 5.74) is -0.735. The molecule has 0 bridgehead atoms. The molecular weight excluding hydrogens is 220 g/mol. The quantitative estimate of drug-likeness (QED) is 0.589. The Labute approximate surface area is 102 Å². The molecule has 1 saturated carbocycles. The molecule has 1 amide bonds. The second-order valence-corrected chi connectivity index (χ2v) is 4.33. The van der Waals surface area contributed by atoms with E-state index >= 15 is 0 Å². The Bertz CT molecular complexity index is 295. The zero-order chi connectivity index (χ0) is 12.7. The number of nitrogens with zero attached hydrogens (tertiary/aromatic N) is 2. The van der Waals surface area contributed by atoms with Crippen LogP contribution in [0.4, 0.5) is 0 Å². The number of methoxy groups -OCH3 is 2. The summed E-state index contributed by atoms with van der Waals surface area (Å²) in [5.74, 6) is -0.0480. The van der Waals surface area contributed by atoms with Crippen molar-refractivity contribution in [1.29, 1.82) is 5.26 Å². The molecule has 1 aliphatic rings. The van der Waals surface area contributed by atoms with Crippen molar-refractivity contribution < 1.29 is 14.3 Å². The minimum Gasteiger partial charge on any atom is -0.385 e. The number of carbonyl (C=O) groups is 1. The molecule has 0 aromatic carbocycles. The number of rotatable bonds is 8. The number of carbonyl (C=O) groups excluding carboxylic acids is 1. The van der Waals surface area contributed by atoms with Crippen LogP contribution in [-0.2, 0) is 14.3 Å². The number of hydrogen-bond acceptors (Lipinski definition) is 4. The Hall–Kier alpha value is -1.12. The largest absolute Gasteiger partial charge is 0.385 e. The predicted molar refractivity (Wildman–Crippen MR) is 62.2 cm³/mol. The van der Waals surface area contributed by atoms with Crippen LogP contribution in [0.15, 0.2) is 0 Å². The number of amides is 1. The first-order valence-electron chi connectivity index (χ1n) is 5.88. The molecule has 17 heavy (non-hydrogen) atoms. The molecule has 0 atom stereocenters. The second-order valence-electron chi connectivity index (χ2n) is 4.33. The van der Waals surface area contributed by atoms with Crippen molar-refractivity contribution in [1.82, 2.24) is 4.90 Å². The summed E-state index contributed by atoms with van der Waals surface area (Å²) in [6.07, 6.45) is 2.17. The third kappa shape index (κ3) is 3.69. The molecule has 0 spiro atoms. The summed E-state index contributed by atoms with van der Waals surface area (Å²) < 4.78 is 9.96. The second kappa shape index (κ2) is 6.58. The molecule has 1 fully saturated rings. The van der Waals surface area contributed by atoms with Crippen LogP contribution in [0.3, 0.4) is 0 Å². The highest BCUT2D eigenvalue weighted by Crippen LogP contribution is 2.46. The normalized spacial score (nSPS) is 16.3. The van der Waals surface area contributed by atoms with E-state index in [2.05, 4.69) is 6.07 Å². The summed E-state index contributed by atoms with van der Waals surface area (Å²) in [6.45, 7) is 2.29. The Balaban J connectivity index is 2.50. The fourth-order valence-corrected chi connectivity index (χ4v) is 1.72. The molecule has 0 aromatic heterocycles. The van der Waals surface area contributed by atoms with Crippen molar-refractivity contribution in [3.05, 3.63) is 0 Å². The van der Waals surface area contributed by atoms with Gasteiger partial charge in [-0.1, -0.05) is 0 Å². The number of hydrogen-bond donors (Lipinski definition) is 0. The zero-order valence-electron chi connectivity index (χ0n) is 10.6. The molecule has 0 aromatic rings. The van der Waals surface area contributed by atoms with Gasteiger partial charge >= 0.3 is 0 Å². The van der Waals surface area contributed by atoms with Crippen molar-refractivity contribution in [3.63, 3.8) is 0 Å². The molecule has 5 heteroatoms. The van der Waals surface area contributed by atoms with Gasteiger partial charge in [0, 0.05) is 33.9 Å². The lowest BCUT2D eigenvalue weighted by Crippen LogP contribution is -2.39. The van der Waals surface area contributed by atoms with E-state index < -0.39 is 5.41 Å². The summed E-state index contributed by atoms with van der Waals surface area (Å²) in [6, 6.07) is 2.14. The molecule has 1 rings (SSSR count). The minimum atomic E-state index is -0.735. The standard InChI is InChI=1S/C12H20N2O3/c1-16-8-3-6-14(7-9-17-2)11(15)12(10-13)4-5-12/h3-9H2,1-2H3. The minimum absolute atomic E-state index is 0.0480. The van der Waals surface area contributed by atoms with Crippen molar-refractivity contribution >= 4 is 5.91 Å². The first kappa shape index (κ1) is 13.9. The average molecular weight is 240 g/mol. The van der Waals surface area contributed by atoms with Gasteiger partial charge in [-0.25, -0.2) is 0 Å². The van der Waals surface area contributed by atoms with Crippen LogP contribution in [0.5, 0.6) is 0 Å². The van der Waals surface area contributed by atoms with Crippen LogP contribution in [0, 0.1) is 16.7 Å². The van der Waals surface area contributed by atoms with Gasteiger partial charge < -0.3 is 14.4 Å². The van der Waals surface area contributed by atoms with Crippen molar-refractivity contribution in [2.45, 2.75) is 19.3 Å². The van der Waals surface area contributed by atoms with E-state index in [4.69, 9.17) is 14.7 Å². The maximum absolute atomic E-state index is 12.2. The number of ether oxygens (including phenoxy) is 2. The highest BCUT2D eigenvalue weighted by molar-refractivity contribution is 5.88. The molecule has 96 valence electrons. The fraction of sp³-hybridized carbons (Fsp3) is 0.833. The first-order chi connectivity index (χ1) is 8.20. The van der Waals surface area contributed by atoms with Gasteiger partial charge in [-0.05, 0) is 19.3 Å². The van der Waals surface area contributed by atoms with E-state index in [0.29, 0.717) is 39.1 Å². The van der Waals surface area contributed by atoms with E-state index in [1.54, 1.807) is 19.1 Å². The highest BCUT2D eigenvalue weighted by atomic mass is 16.5. The van der Waals surface area contributed by atoms with Crippen LogP contribution in [-0.4, -0.2) is 51.3 Å². The van der Waals surface area contributed by atoms with E-state index in [0.717, 1.165) is 6.42 Å². The van der Waals surface area contributed by atoms with Crippen molar-refractivity contribution in [2.75, 3.05) is 40.5 Å². The van der Waals surface area contributed by atoms with Gasteiger partial charge in [-0.15, -0.1) is 0 Å². The monoisotopic (exact) mass is 240 g/mol.